The molecule has 2 amide bonds. The summed E-state index contributed by atoms with van der Waals surface area (Å²) in [6.07, 6.45) is 0.972. The zero-order valence-corrected chi connectivity index (χ0v) is 17.5. The van der Waals surface area contributed by atoms with E-state index in [1.54, 1.807) is 11.8 Å². The summed E-state index contributed by atoms with van der Waals surface area (Å²) in [4.78, 5) is 27.3. The lowest BCUT2D eigenvalue weighted by molar-refractivity contribution is -0.145. The SMILES string of the molecule is Cc1c(C)c2c(c(C)c1O)CCC(C)(C(=O)NC(CO)C(=O)N1CCOCC1)O2. The number of aliphatic hydroxyl groups excluding tert-OH is 1. The third kappa shape index (κ3) is 3.91. The van der Waals surface area contributed by atoms with E-state index in [9.17, 15) is 19.8 Å². The number of hydrogen-bond acceptors (Lipinski definition) is 6. The molecule has 0 bridgehead atoms. The number of morpholine rings is 1. The Balaban J connectivity index is 1.78. The summed E-state index contributed by atoms with van der Waals surface area (Å²) in [5.41, 5.74) is 2.01. The van der Waals surface area contributed by atoms with Crippen LogP contribution in [0.25, 0.3) is 0 Å². The highest BCUT2D eigenvalue weighted by Gasteiger charge is 2.42. The number of ether oxygens (including phenoxy) is 2. The summed E-state index contributed by atoms with van der Waals surface area (Å²) >= 11 is 0. The number of benzene rings is 1. The molecule has 3 rings (SSSR count). The van der Waals surface area contributed by atoms with Crippen LogP contribution in [-0.4, -0.2) is 71.5 Å². The predicted molar refractivity (Wildman–Crippen MR) is 106 cm³/mol. The van der Waals surface area contributed by atoms with E-state index in [1.807, 2.05) is 20.8 Å². The van der Waals surface area contributed by atoms with Crippen LogP contribution in [0.5, 0.6) is 11.5 Å². The summed E-state index contributed by atoms with van der Waals surface area (Å²) in [5, 5.41) is 22.7. The molecule has 8 nitrogen and oxygen atoms in total. The first-order valence-corrected chi connectivity index (χ1v) is 9.98. The Bertz CT molecular complexity index is 818. The Morgan fingerprint density at radius 1 is 1.17 bits per heavy atom. The number of nitrogens with zero attached hydrogens (tertiary/aromatic N) is 1. The molecule has 8 heteroatoms. The van der Waals surface area contributed by atoms with E-state index in [2.05, 4.69) is 5.32 Å². The molecule has 2 aliphatic heterocycles. The molecule has 160 valence electrons. The van der Waals surface area contributed by atoms with Crippen LogP contribution in [-0.2, 0) is 20.7 Å². The van der Waals surface area contributed by atoms with Crippen molar-refractivity contribution in [3.63, 3.8) is 0 Å². The van der Waals surface area contributed by atoms with Gasteiger partial charge in [0.05, 0.1) is 19.8 Å². The molecule has 0 aromatic heterocycles. The standard InChI is InChI=1S/C21H30N2O6/c1-12-13(2)18-15(14(3)17(12)25)5-6-21(4,29-18)20(27)22-16(11-24)19(26)23-7-9-28-10-8-23/h16,24-25H,5-11H2,1-4H3,(H,22,27). The van der Waals surface area contributed by atoms with Crippen molar-refractivity contribution >= 4 is 11.8 Å². The van der Waals surface area contributed by atoms with Crippen LogP contribution in [0.3, 0.4) is 0 Å². The van der Waals surface area contributed by atoms with E-state index in [4.69, 9.17) is 9.47 Å². The lowest BCUT2D eigenvalue weighted by Gasteiger charge is -2.38. The summed E-state index contributed by atoms with van der Waals surface area (Å²) in [5.74, 6) is 0.111. The number of hydrogen-bond donors (Lipinski definition) is 3. The molecule has 1 fully saturated rings. The van der Waals surface area contributed by atoms with Gasteiger partial charge in [-0.1, -0.05) is 0 Å². The number of carbonyl (C=O) groups is 2. The first-order chi connectivity index (χ1) is 13.7. The minimum atomic E-state index is -1.17. The number of aliphatic hydroxyl groups is 1. The molecular formula is C21H30N2O6. The number of rotatable bonds is 4. The zero-order chi connectivity index (χ0) is 21.3. The minimum Gasteiger partial charge on any atom is -0.507 e. The highest BCUT2D eigenvalue weighted by atomic mass is 16.5. The van der Waals surface area contributed by atoms with E-state index < -0.39 is 24.2 Å². The van der Waals surface area contributed by atoms with Crippen molar-refractivity contribution in [2.45, 2.75) is 52.2 Å². The molecule has 1 saturated heterocycles. The Morgan fingerprint density at radius 2 is 1.83 bits per heavy atom. The Kier molecular flexibility index (Phi) is 6.05. The van der Waals surface area contributed by atoms with Crippen molar-refractivity contribution in [3.8, 4) is 11.5 Å². The maximum atomic E-state index is 13.0. The molecule has 2 aliphatic rings. The monoisotopic (exact) mass is 406 g/mol. The predicted octanol–water partition coefficient (Wildman–Crippen LogP) is 0.737. The molecule has 1 aromatic rings. The van der Waals surface area contributed by atoms with E-state index >= 15 is 0 Å². The lowest BCUT2D eigenvalue weighted by Crippen LogP contribution is -2.59. The van der Waals surface area contributed by atoms with Crippen LogP contribution < -0.4 is 10.1 Å². The van der Waals surface area contributed by atoms with E-state index in [0.29, 0.717) is 44.9 Å². The fourth-order valence-corrected chi connectivity index (χ4v) is 3.91. The van der Waals surface area contributed by atoms with Crippen molar-refractivity contribution in [3.05, 3.63) is 22.3 Å². The van der Waals surface area contributed by atoms with Crippen molar-refractivity contribution in [2.24, 2.45) is 0 Å². The van der Waals surface area contributed by atoms with Crippen molar-refractivity contribution < 1.29 is 29.3 Å². The van der Waals surface area contributed by atoms with Gasteiger partial charge in [0.15, 0.2) is 5.60 Å². The molecular weight excluding hydrogens is 376 g/mol. The minimum absolute atomic E-state index is 0.259. The third-order valence-corrected chi connectivity index (χ3v) is 6.11. The normalized spacial score (nSPS) is 22.4. The van der Waals surface area contributed by atoms with Crippen molar-refractivity contribution in [1.29, 1.82) is 0 Å². The summed E-state index contributed by atoms with van der Waals surface area (Å²) in [6.45, 7) is 8.48. The quantitative estimate of drug-likeness (QED) is 0.681. The lowest BCUT2D eigenvalue weighted by atomic mass is 9.86. The molecule has 1 aromatic carbocycles. The summed E-state index contributed by atoms with van der Waals surface area (Å²) in [7, 11) is 0. The molecule has 2 atom stereocenters. The van der Waals surface area contributed by atoms with Crippen molar-refractivity contribution in [1.82, 2.24) is 10.2 Å². The van der Waals surface area contributed by atoms with Gasteiger partial charge in [-0.15, -0.1) is 0 Å². The second kappa shape index (κ2) is 8.20. The van der Waals surface area contributed by atoms with Gasteiger partial charge >= 0.3 is 0 Å². The van der Waals surface area contributed by atoms with Crippen molar-refractivity contribution in [2.75, 3.05) is 32.9 Å². The Morgan fingerprint density at radius 3 is 2.45 bits per heavy atom. The molecule has 0 radical (unpaired) electrons. The maximum Gasteiger partial charge on any atom is 0.264 e. The summed E-state index contributed by atoms with van der Waals surface area (Å²) in [6, 6.07) is -1.02. The number of amides is 2. The van der Waals surface area contributed by atoms with Crippen LogP contribution in [0.2, 0.25) is 0 Å². The van der Waals surface area contributed by atoms with Gasteiger partial charge in [-0.25, -0.2) is 0 Å². The van der Waals surface area contributed by atoms with Gasteiger partial charge < -0.3 is 29.9 Å². The van der Waals surface area contributed by atoms with E-state index in [1.165, 1.54) is 0 Å². The zero-order valence-electron chi connectivity index (χ0n) is 17.5. The highest BCUT2D eigenvalue weighted by molar-refractivity contribution is 5.92. The fourth-order valence-electron chi connectivity index (χ4n) is 3.91. The van der Waals surface area contributed by atoms with Gasteiger partial charge in [0.2, 0.25) is 5.91 Å². The molecule has 0 aliphatic carbocycles. The topological polar surface area (TPSA) is 108 Å². The highest BCUT2D eigenvalue weighted by Crippen LogP contribution is 2.43. The first kappa shape index (κ1) is 21.4. The van der Waals surface area contributed by atoms with E-state index in [0.717, 1.165) is 22.3 Å². The van der Waals surface area contributed by atoms with Gasteiger partial charge in [0.1, 0.15) is 17.5 Å². The second-order valence-corrected chi connectivity index (χ2v) is 8.01. The largest absolute Gasteiger partial charge is 0.507 e. The van der Waals surface area contributed by atoms with Crippen LogP contribution in [0.1, 0.15) is 35.6 Å². The van der Waals surface area contributed by atoms with Crippen LogP contribution in [0.4, 0.5) is 0 Å². The number of phenols is 1. The van der Waals surface area contributed by atoms with Gasteiger partial charge in [0, 0.05) is 25.1 Å². The number of nitrogens with one attached hydrogen (secondary N) is 1. The number of carbonyl (C=O) groups excluding carboxylic acids is 2. The molecule has 2 unspecified atom stereocenters. The second-order valence-electron chi connectivity index (χ2n) is 8.01. The smallest absolute Gasteiger partial charge is 0.264 e. The molecule has 2 heterocycles. The third-order valence-electron chi connectivity index (χ3n) is 6.11. The first-order valence-electron chi connectivity index (χ1n) is 9.98. The average Bonchev–Trinajstić information content (AvgIpc) is 2.74. The number of phenolic OH excluding ortho intramolecular Hbond substituents is 1. The molecule has 0 saturated carbocycles. The number of aromatic hydroxyl groups is 1. The molecule has 3 N–H and O–H groups in total. The Labute approximate surface area is 170 Å². The van der Waals surface area contributed by atoms with Crippen LogP contribution in [0.15, 0.2) is 0 Å². The van der Waals surface area contributed by atoms with Gasteiger partial charge in [-0.3, -0.25) is 9.59 Å². The maximum absolute atomic E-state index is 13.0. The fraction of sp³-hybridized carbons (Fsp3) is 0.619. The molecule has 29 heavy (non-hydrogen) atoms. The van der Waals surface area contributed by atoms with Gasteiger partial charge in [-0.2, -0.15) is 0 Å². The van der Waals surface area contributed by atoms with Gasteiger partial charge in [0.25, 0.3) is 5.91 Å². The van der Waals surface area contributed by atoms with Crippen LogP contribution in [0, 0.1) is 20.8 Å². The summed E-state index contributed by atoms with van der Waals surface area (Å²) < 4.78 is 11.4. The average molecular weight is 406 g/mol. The number of fused-ring (bicyclic) bond motifs is 1. The van der Waals surface area contributed by atoms with Gasteiger partial charge in [-0.05, 0) is 50.8 Å². The van der Waals surface area contributed by atoms with Crippen LogP contribution >= 0.6 is 0 Å². The molecule has 0 spiro atoms. The Hall–Kier alpha value is -2.32. The van der Waals surface area contributed by atoms with E-state index in [-0.39, 0.29) is 11.7 Å².